The van der Waals surface area contributed by atoms with Crippen molar-refractivity contribution in [2.75, 3.05) is 0 Å². The van der Waals surface area contributed by atoms with Gasteiger partial charge in [0.15, 0.2) is 0 Å². The molecule has 2 amide bonds. The van der Waals surface area contributed by atoms with E-state index in [0.717, 1.165) is 0 Å². The van der Waals surface area contributed by atoms with Crippen molar-refractivity contribution >= 4 is 12.2 Å². The lowest BCUT2D eigenvalue weighted by Crippen LogP contribution is -2.22. The smallest absolute Gasteiger partial charge is 0.360 e. The summed E-state index contributed by atoms with van der Waals surface area (Å²) in [4.78, 5) is 19.0. The van der Waals surface area contributed by atoms with Crippen molar-refractivity contribution in [1.29, 1.82) is 0 Å². The van der Waals surface area contributed by atoms with Crippen LogP contribution in [0.4, 0.5) is 9.59 Å². The van der Waals surface area contributed by atoms with Gasteiger partial charge in [-0.3, -0.25) is 0 Å². The quantitative estimate of drug-likeness (QED) is 0.562. The molecule has 0 aliphatic carbocycles. The van der Waals surface area contributed by atoms with Gasteiger partial charge in [0.2, 0.25) is 0 Å². The highest BCUT2D eigenvalue weighted by molar-refractivity contribution is 5.81. The van der Waals surface area contributed by atoms with Crippen molar-refractivity contribution in [2.24, 2.45) is 11.5 Å². The van der Waals surface area contributed by atoms with E-state index < -0.39 is 12.2 Å². The van der Waals surface area contributed by atoms with E-state index in [1.165, 1.54) is 12.8 Å². The predicted octanol–water partition coefficient (Wildman–Crippen LogP) is 0.967. The Kier molecular flexibility index (Phi) is 9.87. The van der Waals surface area contributed by atoms with Gasteiger partial charge in [0.05, 0.1) is 0 Å². The Bertz CT molecular complexity index is 111. The molecule has 0 aliphatic rings. The minimum absolute atomic E-state index is 1.19. The van der Waals surface area contributed by atoms with E-state index in [2.05, 4.69) is 30.1 Å². The molecule has 4 N–H and O–H groups in total. The standard InChI is InChI=1S/C4H10.C2H4N2O3/c1-3-4-2;3-1(5)7-2(4)6/h3-4H2,1-2H3;(H2,3,5)(H2,4,6). The zero-order valence-corrected chi connectivity index (χ0v) is 6.79. The minimum atomic E-state index is -1.19. The first-order valence-electron chi connectivity index (χ1n) is 3.31. The highest BCUT2D eigenvalue weighted by atomic mass is 16.6. The van der Waals surface area contributed by atoms with Crippen molar-refractivity contribution in [3.8, 4) is 0 Å². The summed E-state index contributed by atoms with van der Waals surface area (Å²) in [5.41, 5.74) is 8.66. The SMILES string of the molecule is CCCC.NC(=O)OC(N)=O. The maximum atomic E-state index is 9.51. The summed E-state index contributed by atoms with van der Waals surface area (Å²) in [6.45, 7) is 4.36. The molecule has 0 atom stereocenters. The second kappa shape index (κ2) is 8.74. The maximum Gasteiger partial charge on any atom is 0.413 e. The van der Waals surface area contributed by atoms with Crippen LogP contribution in [0.25, 0.3) is 0 Å². The molecule has 0 fully saturated rings. The summed E-state index contributed by atoms with van der Waals surface area (Å²) >= 11 is 0. The Labute approximate surface area is 65.7 Å². The first kappa shape index (κ1) is 12.4. The van der Waals surface area contributed by atoms with Gasteiger partial charge in [0.25, 0.3) is 0 Å². The topological polar surface area (TPSA) is 95.4 Å². The molecule has 0 unspecified atom stereocenters. The Morgan fingerprint density at radius 3 is 1.36 bits per heavy atom. The Balaban J connectivity index is 0. The fourth-order valence-corrected chi connectivity index (χ4v) is 0.0991. The van der Waals surface area contributed by atoms with Crippen LogP contribution in [0.5, 0.6) is 0 Å². The molecule has 0 saturated carbocycles. The van der Waals surface area contributed by atoms with Gasteiger partial charge in [-0.15, -0.1) is 0 Å². The van der Waals surface area contributed by atoms with E-state index in [4.69, 9.17) is 0 Å². The highest BCUT2D eigenvalue weighted by Crippen LogP contribution is 1.76. The fraction of sp³-hybridized carbons (Fsp3) is 0.667. The summed E-state index contributed by atoms with van der Waals surface area (Å²) < 4.78 is 3.53. The van der Waals surface area contributed by atoms with Crippen LogP contribution in [0.15, 0.2) is 0 Å². The number of ether oxygens (including phenoxy) is 1. The van der Waals surface area contributed by atoms with Crippen molar-refractivity contribution < 1.29 is 14.3 Å². The fourth-order valence-electron chi connectivity index (χ4n) is 0.0991. The van der Waals surface area contributed by atoms with Crippen LogP contribution < -0.4 is 11.5 Å². The summed E-state index contributed by atoms with van der Waals surface area (Å²) in [7, 11) is 0. The molecule has 0 aromatic carbocycles. The maximum absolute atomic E-state index is 9.51. The molecule has 0 bridgehead atoms. The molecule has 0 rings (SSSR count). The number of unbranched alkanes of at least 4 members (excludes halogenated alkanes) is 1. The van der Waals surface area contributed by atoms with Crippen LogP contribution in [0, 0.1) is 0 Å². The molecule has 0 aromatic heterocycles. The van der Waals surface area contributed by atoms with Crippen LogP contribution in [0.3, 0.4) is 0 Å². The molecular formula is C6H14N2O3. The Hall–Kier alpha value is -1.26. The van der Waals surface area contributed by atoms with E-state index >= 15 is 0 Å². The molecule has 11 heavy (non-hydrogen) atoms. The largest absolute Gasteiger partial charge is 0.413 e. The van der Waals surface area contributed by atoms with Gasteiger partial charge in [0, 0.05) is 0 Å². The Morgan fingerprint density at radius 1 is 1.09 bits per heavy atom. The molecule has 5 heteroatoms. The average molecular weight is 162 g/mol. The number of rotatable bonds is 1. The van der Waals surface area contributed by atoms with Crippen molar-refractivity contribution in [3.05, 3.63) is 0 Å². The molecule has 0 aliphatic heterocycles. The third kappa shape index (κ3) is 28.4. The van der Waals surface area contributed by atoms with Crippen LogP contribution in [-0.4, -0.2) is 12.2 Å². The monoisotopic (exact) mass is 162 g/mol. The number of carbonyl (C=O) groups excluding carboxylic acids is 2. The van der Waals surface area contributed by atoms with Crippen LogP contribution in [0.2, 0.25) is 0 Å². The molecule has 5 nitrogen and oxygen atoms in total. The minimum Gasteiger partial charge on any atom is -0.360 e. The van der Waals surface area contributed by atoms with Crippen molar-refractivity contribution in [2.45, 2.75) is 26.7 Å². The summed E-state index contributed by atoms with van der Waals surface area (Å²) in [5, 5.41) is 0. The van der Waals surface area contributed by atoms with E-state index in [0.29, 0.717) is 0 Å². The number of nitrogens with two attached hydrogens (primary N) is 2. The summed E-state index contributed by atoms with van der Waals surface area (Å²) in [5.74, 6) is 0. The van der Waals surface area contributed by atoms with Gasteiger partial charge in [-0.05, 0) is 0 Å². The normalized spacial score (nSPS) is 7.45. The molecule has 66 valence electrons. The number of amides is 2. The number of carbonyl (C=O) groups is 2. The van der Waals surface area contributed by atoms with Crippen LogP contribution >= 0.6 is 0 Å². The van der Waals surface area contributed by atoms with Gasteiger partial charge >= 0.3 is 12.2 Å². The molecular weight excluding hydrogens is 148 g/mol. The van der Waals surface area contributed by atoms with E-state index in [1.54, 1.807) is 0 Å². The van der Waals surface area contributed by atoms with Crippen LogP contribution in [-0.2, 0) is 4.74 Å². The van der Waals surface area contributed by atoms with Crippen LogP contribution in [0.1, 0.15) is 26.7 Å². The van der Waals surface area contributed by atoms with E-state index in [9.17, 15) is 9.59 Å². The molecule has 0 aromatic rings. The lowest BCUT2D eigenvalue weighted by atomic mass is 10.4. The van der Waals surface area contributed by atoms with Crippen molar-refractivity contribution in [3.63, 3.8) is 0 Å². The summed E-state index contributed by atoms with van der Waals surface area (Å²) in [6, 6.07) is 0. The third-order valence-corrected chi connectivity index (χ3v) is 0.701. The average Bonchev–Trinajstić information content (AvgIpc) is 1.85. The first-order valence-corrected chi connectivity index (χ1v) is 3.31. The lowest BCUT2D eigenvalue weighted by Gasteiger charge is -1.87. The van der Waals surface area contributed by atoms with E-state index in [1.807, 2.05) is 0 Å². The predicted molar refractivity (Wildman–Crippen MR) is 40.8 cm³/mol. The van der Waals surface area contributed by atoms with Gasteiger partial charge in [-0.1, -0.05) is 26.7 Å². The Morgan fingerprint density at radius 2 is 1.36 bits per heavy atom. The van der Waals surface area contributed by atoms with E-state index in [-0.39, 0.29) is 0 Å². The number of hydrogen-bond acceptors (Lipinski definition) is 3. The summed E-state index contributed by atoms with van der Waals surface area (Å²) in [6.07, 6.45) is 0.264. The highest BCUT2D eigenvalue weighted by Gasteiger charge is 1.95. The van der Waals surface area contributed by atoms with Gasteiger partial charge in [-0.25, -0.2) is 9.59 Å². The second-order valence-corrected chi connectivity index (χ2v) is 1.74. The molecule has 0 heterocycles. The van der Waals surface area contributed by atoms with Gasteiger partial charge < -0.3 is 16.2 Å². The third-order valence-electron chi connectivity index (χ3n) is 0.701. The molecule has 0 spiro atoms. The first-order chi connectivity index (χ1) is 5.04. The lowest BCUT2D eigenvalue weighted by molar-refractivity contribution is 0.164. The zero-order chi connectivity index (χ0) is 9.28. The zero-order valence-electron chi connectivity index (χ0n) is 6.79. The van der Waals surface area contributed by atoms with Gasteiger partial charge in [0.1, 0.15) is 0 Å². The number of primary amides is 2. The van der Waals surface area contributed by atoms with Gasteiger partial charge in [-0.2, -0.15) is 0 Å². The molecule has 0 radical (unpaired) electrons. The molecule has 0 saturated heterocycles. The second-order valence-electron chi connectivity index (χ2n) is 1.74. The number of hydrogen-bond donors (Lipinski definition) is 2. The van der Waals surface area contributed by atoms with Crippen molar-refractivity contribution in [1.82, 2.24) is 0 Å².